The molecule has 0 aliphatic rings. The molecule has 2 rings (SSSR count). The highest BCUT2D eigenvalue weighted by Crippen LogP contribution is 2.20. The summed E-state index contributed by atoms with van der Waals surface area (Å²) < 4.78 is 27.6. The number of oxazole rings is 1. The monoisotopic (exact) mass is 329 g/mol. The second-order valence-electron chi connectivity index (χ2n) is 4.42. The zero-order valence-electron chi connectivity index (χ0n) is 11.5. The fraction of sp³-hybridized carbons (Fsp3) is 0.333. The number of nitrogens with zero attached hydrogens (tertiary/aromatic N) is 1. The Morgan fingerprint density at radius 3 is 2.67 bits per heavy atom. The molecule has 0 unspecified atom stereocenters. The van der Waals surface area contributed by atoms with Gasteiger partial charge < -0.3 is 9.73 Å². The maximum absolute atomic E-state index is 11.9. The number of carbonyl (C=O) groups excluding carboxylic acids is 1. The van der Waals surface area contributed by atoms with E-state index in [-0.39, 0.29) is 15.9 Å². The highest BCUT2D eigenvalue weighted by Gasteiger charge is 2.16. The minimum Gasteiger partial charge on any atom is -0.436 e. The second-order valence-corrected chi connectivity index (χ2v) is 7.38. The Hall–Kier alpha value is -1.71. The van der Waals surface area contributed by atoms with Crippen molar-refractivity contribution >= 4 is 27.3 Å². The normalized spacial score (nSPS) is 11.6. The van der Waals surface area contributed by atoms with Gasteiger partial charge in [0.05, 0.1) is 5.69 Å². The zero-order chi connectivity index (χ0) is 15.6. The molecule has 1 amide bonds. The first-order valence-electron chi connectivity index (χ1n) is 6.11. The SMILES string of the molecule is Cc1nc(C)c(C(=O)NCCc2ccc(S(N)(=O)=O)s2)o1. The van der Waals surface area contributed by atoms with Crippen LogP contribution in [-0.4, -0.2) is 25.9 Å². The van der Waals surface area contributed by atoms with Crippen molar-refractivity contribution in [3.63, 3.8) is 0 Å². The van der Waals surface area contributed by atoms with Crippen LogP contribution in [0.4, 0.5) is 0 Å². The molecule has 0 aromatic carbocycles. The van der Waals surface area contributed by atoms with Gasteiger partial charge in [-0.05, 0) is 25.5 Å². The molecule has 114 valence electrons. The number of hydrogen-bond donors (Lipinski definition) is 2. The van der Waals surface area contributed by atoms with Gasteiger partial charge in [0.2, 0.25) is 15.8 Å². The quantitative estimate of drug-likeness (QED) is 0.848. The first kappa shape index (κ1) is 15.7. The third kappa shape index (κ3) is 3.90. The summed E-state index contributed by atoms with van der Waals surface area (Å²) >= 11 is 1.09. The molecule has 0 radical (unpaired) electrons. The van der Waals surface area contributed by atoms with E-state index in [1.54, 1.807) is 19.9 Å². The van der Waals surface area contributed by atoms with Gasteiger partial charge in [-0.3, -0.25) is 4.79 Å². The molecule has 2 aromatic rings. The lowest BCUT2D eigenvalue weighted by Crippen LogP contribution is -2.25. The Morgan fingerprint density at radius 2 is 2.14 bits per heavy atom. The predicted molar refractivity (Wildman–Crippen MR) is 77.7 cm³/mol. The van der Waals surface area contributed by atoms with Gasteiger partial charge in [0.15, 0.2) is 5.89 Å². The lowest BCUT2D eigenvalue weighted by molar-refractivity contribution is 0.0924. The number of nitrogens with one attached hydrogen (secondary N) is 1. The van der Waals surface area contributed by atoms with Gasteiger partial charge >= 0.3 is 0 Å². The number of aromatic nitrogens is 1. The molecule has 7 nitrogen and oxygen atoms in total. The van der Waals surface area contributed by atoms with Crippen molar-refractivity contribution in [2.45, 2.75) is 24.5 Å². The van der Waals surface area contributed by atoms with E-state index in [9.17, 15) is 13.2 Å². The van der Waals surface area contributed by atoms with Crippen molar-refractivity contribution in [3.05, 3.63) is 34.4 Å². The minimum absolute atomic E-state index is 0.116. The van der Waals surface area contributed by atoms with Crippen molar-refractivity contribution in [1.82, 2.24) is 10.3 Å². The molecule has 0 saturated heterocycles. The summed E-state index contributed by atoms with van der Waals surface area (Å²) in [5, 5.41) is 7.74. The van der Waals surface area contributed by atoms with Crippen LogP contribution in [0, 0.1) is 13.8 Å². The van der Waals surface area contributed by atoms with Gasteiger partial charge in [-0.25, -0.2) is 18.5 Å². The lowest BCUT2D eigenvalue weighted by atomic mass is 10.3. The largest absolute Gasteiger partial charge is 0.436 e. The summed E-state index contributed by atoms with van der Waals surface area (Å²) in [6.45, 7) is 3.73. The Balaban J connectivity index is 1.91. The maximum atomic E-state index is 11.9. The number of hydrogen-bond acceptors (Lipinski definition) is 6. The average Bonchev–Trinajstić information content (AvgIpc) is 2.95. The Labute approximate surface area is 126 Å². The Morgan fingerprint density at radius 1 is 1.43 bits per heavy atom. The molecule has 0 spiro atoms. The molecule has 0 saturated carbocycles. The molecule has 0 atom stereocenters. The Bertz CT molecular complexity index is 761. The molecular formula is C12H15N3O4S2. The summed E-state index contributed by atoms with van der Waals surface area (Å²) in [5.74, 6) is 0.300. The summed E-state index contributed by atoms with van der Waals surface area (Å²) in [6, 6.07) is 3.14. The topological polar surface area (TPSA) is 115 Å². The van der Waals surface area contributed by atoms with Gasteiger partial charge in [-0.1, -0.05) is 0 Å². The fourth-order valence-corrected chi connectivity index (χ4v) is 3.55. The van der Waals surface area contributed by atoms with E-state index in [0.717, 1.165) is 16.2 Å². The van der Waals surface area contributed by atoms with E-state index in [4.69, 9.17) is 9.56 Å². The first-order valence-corrected chi connectivity index (χ1v) is 8.47. The third-order valence-electron chi connectivity index (χ3n) is 2.68. The van der Waals surface area contributed by atoms with Crippen molar-refractivity contribution in [2.75, 3.05) is 6.54 Å². The number of rotatable bonds is 5. The van der Waals surface area contributed by atoms with Crippen LogP contribution < -0.4 is 10.5 Å². The van der Waals surface area contributed by atoms with Gasteiger partial charge in [-0.2, -0.15) is 0 Å². The summed E-state index contributed by atoms with van der Waals surface area (Å²) in [5.41, 5.74) is 0.539. The van der Waals surface area contributed by atoms with E-state index in [1.165, 1.54) is 6.07 Å². The number of primary sulfonamides is 1. The van der Waals surface area contributed by atoms with E-state index in [0.29, 0.717) is 24.6 Å². The predicted octanol–water partition coefficient (Wildman–Crippen LogP) is 0.973. The molecule has 2 heterocycles. The lowest BCUT2D eigenvalue weighted by Gasteiger charge is -2.02. The van der Waals surface area contributed by atoms with Crippen molar-refractivity contribution in [2.24, 2.45) is 5.14 Å². The van der Waals surface area contributed by atoms with Crippen LogP contribution in [0.15, 0.2) is 20.8 Å². The minimum atomic E-state index is -3.66. The van der Waals surface area contributed by atoms with Crippen LogP contribution in [0.2, 0.25) is 0 Å². The molecule has 21 heavy (non-hydrogen) atoms. The molecule has 0 aliphatic heterocycles. The van der Waals surface area contributed by atoms with Crippen molar-refractivity contribution in [1.29, 1.82) is 0 Å². The standard InChI is InChI=1S/C12H15N3O4S2/c1-7-11(19-8(2)15-7)12(16)14-6-5-9-3-4-10(20-9)21(13,17)18/h3-4H,5-6H2,1-2H3,(H,14,16)(H2,13,17,18). The van der Waals surface area contributed by atoms with Crippen molar-refractivity contribution < 1.29 is 17.6 Å². The maximum Gasteiger partial charge on any atom is 0.289 e. The molecule has 0 bridgehead atoms. The van der Waals surface area contributed by atoms with E-state index < -0.39 is 10.0 Å². The van der Waals surface area contributed by atoms with Gasteiger partial charge in [0.1, 0.15) is 4.21 Å². The van der Waals surface area contributed by atoms with Crippen LogP contribution in [0.25, 0.3) is 0 Å². The fourth-order valence-electron chi connectivity index (χ4n) is 1.77. The zero-order valence-corrected chi connectivity index (χ0v) is 13.2. The van der Waals surface area contributed by atoms with Gasteiger partial charge in [0.25, 0.3) is 5.91 Å². The molecule has 0 aliphatic carbocycles. The van der Waals surface area contributed by atoms with E-state index in [2.05, 4.69) is 10.3 Å². The molecule has 0 fully saturated rings. The summed E-state index contributed by atoms with van der Waals surface area (Å²) in [6.07, 6.45) is 0.512. The number of carbonyl (C=O) groups is 1. The van der Waals surface area contributed by atoms with Crippen LogP contribution in [0.1, 0.15) is 27.0 Å². The third-order valence-corrected chi connectivity index (χ3v) is 5.27. The van der Waals surface area contributed by atoms with E-state index >= 15 is 0 Å². The highest BCUT2D eigenvalue weighted by molar-refractivity contribution is 7.91. The summed E-state index contributed by atoms with van der Waals surface area (Å²) in [4.78, 5) is 16.7. The van der Waals surface area contributed by atoms with Crippen LogP contribution in [0.5, 0.6) is 0 Å². The second kappa shape index (κ2) is 5.96. The number of nitrogens with two attached hydrogens (primary N) is 1. The average molecular weight is 329 g/mol. The highest BCUT2D eigenvalue weighted by atomic mass is 32.2. The molecule has 2 aromatic heterocycles. The Kier molecular flexibility index (Phi) is 4.45. The molecule has 3 N–H and O–H groups in total. The van der Waals surface area contributed by atoms with Crippen LogP contribution in [-0.2, 0) is 16.4 Å². The van der Waals surface area contributed by atoms with Crippen molar-refractivity contribution in [3.8, 4) is 0 Å². The number of aryl methyl sites for hydroxylation is 2. The number of sulfonamides is 1. The molecule has 9 heteroatoms. The summed E-state index contributed by atoms with van der Waals surface area (Å²) in [7, 11) is -3.66. The first-order chi connectivity index (χ1) is 9.77. The van der Waals surface area contributed by atoms with E-state index in [1.807, 2.05) is 0 Å². The van der Waals surface area contributed by atoms with Gasteiger partial charge in [0, 0.05) is 18.3 Å². The molecular weight excluding hydrogens is 314 g/mol. The van der Waals surface area contributed by atoms with Crippen LogP contribution >= 0.6 is 11.3 Å². The van der Waals surface area contributed by atoms with Gasteiger partial charge in [-0.15, -0.1) is 11.3 Å². The smallest absolute Gasteiger partial charge is 0.289 e. The van der Waals surface area contributed by atoms with Crippen LogP contribution in [0.3, 0.4) is 0 Å². The number of amides is 1. The number of thiophene rings is 1.